The molecular formula is C26H26N2O. The van der Waals surface area contributed by atoms with E-state index in [1.807, 2.05) is 30.3 Å². The lowest BCUT2D eigenvalue weighted by Crippen LogP contribution is -2.32. The Balaban J connectivity index is 1.38. The van der Waals surface area contributed by atoms with Gasteiger partial charge in [-0.15, -0.1) is 0 Å². The van der Waals surface area contributed by atoms with Crippen LogP contribution in [0.25, 0.3) is 33.3 Å². The zero-order valence-electron chi connectivity index (χ0n) is 21.2. The van der Waals surface area contributed by atoms with Crippen molar-refractivity contribution in [3.8, 4) is 11.3 Å². The Kier molecular flexibility index (Phi) is 2.95. The summed E-state index contributed by atoms with van der Waals surface area (Å²) in [7, 11) is 0. The van der Waals surface area contributed by atoms with Crippen molar-refractivity contribution in [2.24, 2.45) is 17.8 Å². The molecule has 0 N–H and O–H groups in total. The molecular weight excluding hydrogens is 356 g/mol. The molecule has 3 nitrogen and oxygen atoms in total. The molecule has 1 unspecified atom stereocenters. The van der Waals surface area contributed by atoms with Crippen LogP contribution in [0.2, 0.25) is 0 Å². The van der Waals surface area contributed by atoms with Gasteiger partial charge in [-0.05, 0) is 98.3 Å². The Bertz CT molecular complexity index is 1390. The Morgan fingerprint density at radius 1 is 1.07 bits per heavy atom. The molecule has 3 aliphatic carbocycles. The summed E-state index contributed by atoms with van der Waals surface area (Å²) in [6.45, 7) is -2.29. The fourth-order valence-corrected chi connectivity index (χ4v) is 5.26. The van der Waals surface area contributed by atoms with E-state index >= 15 is 0 Å². The van der Waals surface area contributed by atoms with Gasteiger partial charge in [0.1, 0.15) is 5.58 Å². The highest BCUT2D eigenvalue weighted by Gasteiger charge is 2.35. The predicted octanol–water partition coefficient (Wildman–Crippen LogP) is 6.72. The maximum absolute atomic E-state index is 9.03. The molecule has 0 aliphatic heterocycles. The van der Waals surface area contributed by atoms with E-state index in [0.29, 0.717) is 34.4 Å². The topological polar surface area (TPSA) is 38.9 Å². The Labute approximate surface area is 178 Å². The highest BCUT2D eigenvalue weighted by molar-refractivity contribution is 6.04. The summed E-state index contributed by atoms with van der Waals surface area (Å²) in [5, 5.41) is 1.58. The van der Waals surface area contributed by atoms with Gasteiger partial charge in [0.25, 0.3) is 0 Å². The van der Waals surface area contributed by atoms with Gasteiger partial charge in [-0.1, -0.05) is 12.8 Å². The summed E-state index contributed by atoms with van der Waals surface area (Å²) in [6, 6.07) is 12.7. The van der Waals surface area contributed by atoms with E-state index in [-0.39, 0.29) is 11.6 Å². The van der Waals surface area contributed by atoms with Crippen LogP contribution in [0.15, 0.2) is 53.1 Å². The second-order valence-electron chi connectivity index (χ2n) is 8.56. The average Bonchev–Trinajstić information content (AvgIpc) is 3.21. The highest BCUT2D eigenvalue weighted by Crippen LogP contribution is 2.46. The molecule has 0 saturated heterocycles. The lowest BCUT2D eigenvalue weighted by atomic mass is 9.63. The number of hydrogen-bond acceptors (Lipinski definition) is 3. The Hall–Kier alpha value is -2.68. The van der Waals surface area contributed by atoms with Crippen LogP contribution in [0, 0.1) is 24.6 Å². The van der Waals surface area contributed by atoms with Gasteiger partial charge in [0.15, 0.2) is 0 Å². The fraction of sp³-hybridized carbons (Fsp3) is 0.385. The van der Waals surface area contributed by atoms with Gasteiger partial charge in [0, 0.05) is 35.1 Å². The molecule has 7 rings (SSSR count). The van der Waals surface area contributed by atoms with Crippen molar-refractivity contribution in [2.45, 2.75) is 45.3 Å². The average molecular weight is 388 g/mol. The maximum atomic E-state index is 9.03. The molecule has 3 aromatic heterocycles. The first-order chi connectivity index (χ1) is 16.2. The zero-order valence-corrected chi connectivity index (χ0v) is 16.2. The molecule has 29 heavy (non-hydrogen) atoms. The predicted molar refractivity (Wildman–Crippen MR) is 117 cm³/mol. The number of rotatable bonds is 3. The molecule has 3 heteroatoms. The lowest BCUT2D eigenvalue weighted by molar-refractivity contribution is 0.0991. The summed E-state index contributed by atoms with van der Waals surface area (Å²) >= 11 is 0. The van der Waals surface area contributed by atoms with E-state index in [0.717, 1.165) is 35.6 Å². The molecule has 3 saturated carbocycles. The van der Waals surface area contributed by atoms with E-state index in [2.05, 4.69) is 9.97 Å². The molecule has 1 atom stereocenters. The molecule has 0 spiro atoms. The van der Waals surface area contributed by atoms with Gasteiger partial charge in [0.05, 0.1) is 5.69 Å². The van der Waals surface area contributed by atoms with Crippen molar-refractivity contribution < 1.29 is 11.3 Å². The highest BCUT2D eigenvalue weighted by atomic mass is 16.3. The van der Waals surface area contributed by atoms with Crippen molar-refractivity contribution in [3.05, 3.63) is 59.9 Å². The van der Waals surface area contributed by atoms with E-state index in [9.17, 15) is 0 Å². The first-order valence-electron chi connectivity index (χ1n) is 13.0. The number of nitrogens with zero attached hydrogens (tertiary/aromatic N) is 2. The van der Waals surface area contributed by atoms with E-state index in [1.165, 1.54) is 18.9 Å². The van der Waals surface area contributed by atoms with E-state index in [4.69, 9.17) is 11.3 Å². The smallest absolute Gasteiger partial charge is 0.227 e. The summed E-state index contributed by atoms with van der Waals surface area (Å²) in [4.78, 5) is 8.76. The number of benzene rings is 1. The molecule has 0 radical (unpaired) electrons. The summed E-state index contributed by atoms with van der Waals surface area (Å²) in [5.74, 6) is 1.20. The molecule has 3 heterocycles. The fourth-order valence-electron chi connectivity index (χ4n) is 5.26. The third-order valence-corrected chi connectivity index (χ3v) is 6.79. The van der Waals surface area contributed by atoms with Crippen molar-refractivity contribution in [1.82, 2.24) is 9.97 Å². The molecule has 1 aromatic carbocycles. The van der Waals surface area contributed by atoms with Gasteiger partial charge in [-0.3, -0.25) is 4.98 Å². The second-order valence-corrected chi connectivity index (χ2v) is 8.56. The van der Waals surface area contributed by atoms with Crippen LogP contribution < -0.4 is 0 Å². The van der Waals surface area contributed by atoms with Crippen LogP contribution in [0.1, 0.15) is 50.2 Å². The van der Waals surface area contributed by atoms with Crippen LogP contribution in [-0.4, -0.2) is 9.97 Å². The third kappa shape index (κ3) is 3.04. The Morgan fingerprint density at radius 3 is 2.83 bits per heavy atom. The van der Waals surface area contributed by atoms with Gasteiger partial charge >= 0.3 is 0 Å². The normalized spacial score (nSPS) is 27.3. The van der Waals surface area contributed by atoms with Crippen molar-refractivity contribution in [1.29, 1.82) is 0 Å². The number of aromatic nitrogens is 2. The van der Waals surface area contributed by atoms with Crippen LogP contribution in [-0.2, 0) is 6.37 Å². The first kappa shape index (κ1) is 12.8. The SMILES string of the molecule is [2H]C([2H])([2H])c1ccc2c(n1)oc1ccc(-c3cc(C([2H])([2H])C4CC5CCC4CC5)ccn3)cc12. The number of aryl methyl sites for hydroxylation is 1. The Morgan fingerprint density at radius 2 is 2.00 bits per heavy atom. The minimum atomic E-state index is -2.29. The number of pyridine rings is 2. The number of hydrogen-bond donors (Lipinski definition) is 0. The molecule has 4 aromatic rings. The standard InChI is InChI=1S/C26H26N2O/c1-16-2-8-22-23-15-20(7-9-25(23)29-26(22)28-16)24-14-18(10-11-27-24)13-21-12-17-3-5-19(21)6-4-17/h2,7-11,14-15,17,19,21H,3-6,12-13H2,1H3/i1D3,13D2. The maximum Gasteiger partial charge on any atom is 0.227 e. The van der Waals surface area contributed by atoms with Crippen LogP contribution >= 0.6 is 0 Å². The summed E-state index contributed by atoms with van der Waals surface area (Å²) in [6.07, 6.45) is 6.09. The van der Waals surface area contributed by atoms with Crippen molar-refractivity contribution in [3.63, 3.8) is 0 Å². The van der Waals surface area contributed by atoms with Crippen LogP contribution in [0.3, 0.4) is 0 Å². The summed E-state index contributed by atoms with van der Waals surface area (Å²) < 4.78 is 46.7. The van der Waals surface area contributed by atoms with Crippen LogP contribution in [0.5, 0.6) is 0 Å². The quantitative estimate of drug-likeness (QED) is 0.392. The molecule has 3 fully saturated rings. The second kappa shape index (κ2) is 6.69. The number of fused-ring (bicyclic) bond motifs is 6. The third-order valence-electron chi connectivity index (χ3n) is 6.79. The van der Waals surface area contributed by atoms with Crippen molar-refractivity contribution >= 4 is 22.1 Å². The first-order valence-corrected chi connectivity index (χ1v) is 10.5. The molecule has 2 bridgehead atoms. The molecule has 0 amide bonds. The molecule has 146 valence electrons. The monoisotopic (exact) mass is 387 g/mol. The van der Waals surface area contributed by atoms with Gasteiger partial charge in [0.2, 0.25) is 5.71 Å². The number of furan rings is 1. The van der Waals surface area contributed by atoms with Gasteiger partial charge in [-0.2, -0.15) is 0 Å². The van der Waals surface area contributed by atoms with E-state index in [1.54, 1.807) is 12.3 Å². The van der Waals surface area contributed by atoms with Crippen molar-refractivity contribution in [2.75, 3.05) is 0 Å². The largest absolute Gasteiger partial charge is 0.438 e. The minimum Gasteiger partial charge on any atom is -0.438 e. The van der Waals surface area contributed by atoms with Crippen LogP contribution in [0.4, 0.5) is 0 Å². The van der Waals surface area contributed by atoms with Gasteiger partial charge < -0.3 is 4.42 Å². The zero-order chi connectivity index (χ0) is 23.7. The van der Waals surface area contributed by atoms with Gasteiger partial charge in [-0.25, -0.2) is 4.98 Å². The lowest BCUT2D eigenvalue weighted by Gasteiger charge is -2.42. The van der Waals surface area contributed by atoms with E-state index < -0.39 is 13.2 Å². The summed E-state index contributed by atoms with van der Waals surface area (Å²) in [5.41, 5.74) is 3.19. The minimum absolute atomic E-state index is 0.00675. The molecule has 3 aliphatic rings.